The molecule has 0 fully saturated rings. The van der Waals surface area contributed by atoms with Crippen molar-refractivity contribution in [2.75, 3.05) is 0 Å². The molecule has 0 saturated heterocycles. The molecule has 102 valence electrons. The summed E-state index contributed by atoms with van der Waals surface area (Å²) in [4.78, 5) is 21.3. The summed E-state index contributed by atoms with van der Waals surface area (Å²) >= 11 is 1.18. The van der Waals surface area contributed by atoms with Gasteiger partial charge in [0.15, 0.2) is 5.82 Å². The van der Waals surface area contributed by atoms with Crippen molar-refractivity contribution < 1.29 is 0 Å². The molecule has 0 bridgehead atoms. The summed E-state index contributed by atoms with van der Waals surface area (Å²) in [6, 6.07) is 7.84. The van der Waals surface area contributed by atoms with Crippen LogP contribution >= 0.6 is 11.3 Å². The van der Waals surface area contributed by atoms with Crippen molar-refractivity contribution in [1.29, 1.82) is 0 Å². The molecular weight excluding hydrogens is 270 g/mol. The number of aromatic nitrogens is 3. The monoisotopic (exact) mass is 285 g/mol. The van der Waals surface area contributed by atoms with Crippen LogP contribution in [0.1, 0.15) is 31.3 Å². The third kappa shape index (κ3) is 2.04. The summed E-state index contributed by atoms with van der Waals surface area (Å²) in [5.41, 5.74) is 2.67. The van der Waals surface area contributed by atoms with Crippen LogP contribution in [0, 0.1) is 6.92 Å². The van der Waals surface area contributed by atoms with Crippen molar-refractivity contribution in [3.05, 3.63) is 50.7 Å². The van der Waals surface area contributed by atoms with E-state index in [-0.39, 0.29) is 10.7 Å². The predicted octanol–water partition coefficient (Wildman–Crippen LogP) is 3.27. The van der Waals surface area contributed by atoms with E-state index in [1.165, 1.54) is 11.3 Å². The van der Waals surface area contributed by atoms with E-state index in [2.05, 4.69) is 23.8 Å². The van der Waals surface area contributed by atoms with E-state index in [1.807, 2.05) is 35.8 Å². The zero-order chi connectivity index (χ0) is 14.3. The lowest BCUT2D eigenvalue weighted by Crippen LogP contribution is -2.14. The molecule has 5 heteroatoms. The number of benzene rings is 1. The van der Waals surface area contributed by atoms with E-state index in [0.29, 0.717) is 5.82 Å². The molecule has 0 radical (unpaired) electrons. The Morgan fingerprint density at radius 3 is 2.70 bits per heavy atom. The molecule has 2 heterocycles. The van der Waals surface area contributed by atoms with Crippen LogP contribution in [0.5, 0.6) is 0 Å². The lowest BCUT2D eigenvalue weighted by atomic mass is 10.2. The second kappa shape index (κ2) is 4.83. The van der Waals surface area contributed by atoms with Gasteiger partial charge >= 0.3 is 0 Å². The van der Waals surface area contributed by atoms with Gasteiger partial charge in [-0.3, -0.25) is 9.36 Å². The van der Waals surface area contributed by atoms with Crippen molar-refractivity contribution in [2.24, 2.45) is 0 Å². The summed E-state index contributed by atoms with van der Waals surface area (Å²) in [6.45, 7) is 6.04. The van der Waals surface area contributed by atoms with Gasteiger partial charge < -0.3 is 0 Å². The predicted molar refractivity (Wildman–Crippen MR) is 81.8 cm³/mol. The highest BCUT2D eigenvalue weighted by molar-refractivity contribution is 7.07. The fourth-order valence-electron chi connectivity index (χ4n) is 2.23. The van der Waals surface area contributed by atoms with Crippen LogP contribution in [-0.4, -0.2) is 14.5 Å². The van der Waals surface area contributed by atoms with Gasteiger partial charge in [0.25, 0.3) is 4.74 Å². The summed E-state index contributed by atoms with van der Waals surface area (Å²) in [5.74, 6) is 1.54. The molecule has 20 heavy (non-hydrogen) atoms. The number of fused-ring (bicyclic) bond motifs is 1. The summed E-state index contributed by atoms with van der Waals surface area (Å²) < 4.78 is 1.85. The highest BCUT2D eigenvalue weighted by Gasteiger charge is 2.18. The normalized spacial score (nSPS) is 11.4. The number of imidazole rings is 1. The van der Waals surface area contributed by atoms with Gasteiger partial charge in [-0.15, -0.1) is 0 Å². The Hall–Kier alpha value is -2.01. The Balaban J connectivity index is 2.42. The number of hydrogen-bond acceptors (Lipinski definition) is 4. The highest BCUT2D eigenvalue weighted by atomic mass is 32.1. The minimum atomic E-state index is -0.0411. The molecule has 1 aromatic carbocycles. The molecule has 0 atom stereocenters. The van der Waals surface area contributed by atoms with Crippen LogP contribution < -0.4 is 4.74 Å². The van der Waals surface area contributed by atoms with Crippen LogP contribution in [0.15, 0.2) is 34.4 Å². The minimum Gasteiger partial charge on any atom is -0.276 e. The first kappa shape index (κ1) is 13.0. The van der Waals surface area contributed by atoms with Gasteiger partial charge in [-0.05, 0) is 19.1 Å². The van der Waals surface area contributed by atoms with Crippen molar-refractivity contribution in [3.8, 4) is 5.82 Å². The Morgan fingerprint density at radius 1 is 1.20 bits per heavy atom. The van der Waals surface area contributed by atoms with Crippen molar-refractivity contribution in [1.82, 2.24) is 14.5 Å². The van der Waals surface area contributed by atoms with Crippen LogP contribution in [0.25, 0.3) is 16.9 Å². The van der Waals surface area contributed by atoms with Crippen LogP contribution in [0.4, 0.5) is 0 Å². The Morgan fingerprint density at radius 2 is 1.95 bits per heavy atom. The zero-order valence-electron chi connectivity index (χ0n) is 11.6. The maximum Gasteiger partial charge on any atom is 0.275 e. The molecular formula is C15H15N3OS. The van der Waals surface area contributed by atoms with Gasteiger partial charge in [-0.2, -0.15) is 0 Å². The van der Waals surface area contributed by atoms with E-state index in [0.717, 1.165) is 22.6 Å². The van der Waals surface area contributed by atoms with Crippen molar-refractivity contribution in [3.63, 3.8) is 0 Å². The van der Waals surface area contributed by atoms with Gasteiger partial charge in [0.05, 0.1) is 11.0 Å². The van der Waals surface area contributed by atoms with E-state index in [1.54, 1.807) is 5.38 Å². The van der Waals surface area contributed by atoms with Gasteiger partial charge in [0, 0.05) is 17.0 Å². The number of aryl methyl sites for hydroxylation is 1. The number of rotatable bonds is 2. The first-order valence-corrected chi connectivity index (χ1v) is 7.40. The van der Waals surface area contributed by atoms with E-state index >= 15 is 0 Å². The molecule has 0 aliphatic carbocycles. The average molecular weight is 285 g/mol. The summed E-state index contributed by atoms with van der Waals surface area (Å²) in [6.07, 6.45) is 0. The van der Waals surface area contributed by atoms with Gasteiger partial charge in [-0.1, -0.05) is 37.3 Å². The molecule has 0 aliphatic rings. The Kier molecular flexibility index (Phi) is 3.14. The first-order valence-electron chi connectivity index (χ1n) is 6.52. The van der Waals surface area contributed by atoms with Crippen LogP contribution in [0.3, 0.4) is 0 Å². The molecule has 0 amide bonds. The van der Waals surface area contributed by atoms with Crippen molar-refractivity contribution >= 4 is 22.4 Å². The van der Waals surface area contributed by atoms with E-state index in [9.17, 15) is 4.79 Å². The van der Waals surface area contributed by atoms with Crippen molar-refractivity contribution in [2.45, 2.75) is 26.7 Å². The average Bonchev–Trinajstić information content (AvgIpc) is 2.81. The molecule has 4 nitrogen and oxygen atoms in total. The maximum absolute atomic E-state index is 12.2. The number of nitrogens with zero attached hydrogens (tertiary/aromatic N) is 3. The molecule has 2 aromatic heterocycles. The van der Waals surface area contributed by atoms with Gasteiger partial charge in [0.1, 0.15) is 5.82 Å². The van der Waals surface area contributed by atoms with E-state index < -0.39 is 0 Å². The molecule has 0 aliphatic heterocycles. The van der Waals surface area contributed by atoms with Crippen LogP contribution in [0.2, 0.25) is 0 Å². The fraction of sp³-hybridized carbons (Fsp3) is 0.267. The fourth-order valence-corrected chi connectivity index (χ4v) is 2.80. The standard InChI is InChI=1S/C15H15N3OS/c1-9(2)13-17-11-6-4-5-7-12(11)18(13)14-15(19)20-8-10(3)16-14/h4-9H,1-3H3. The Bertz CT molecular complexity index is 832. The topological polar surface area (TPSA) is 47.8 Å². The summed E-state index contributed by atoms with van der Waals surface area (Å²) in [5, 5.41) is 1.78. The minimum absolute atomic E-state index is 0.0411. The second-order valence-electron chi connectivity index (χ2n) is 5.05. The quantitative estimate of drug-likeness (QED) is 0.726. The molecule has 3 aromatic rings. The molecule has 0 saturated carbocycles. The highest BCUT2D eigenvalue weighted by Crippen LogP contribution is 2.24. The zero-order valence-corrected chi connectivity index (χ0v) is 12.4. The maximum atomic E-state index is 12.2. The molecule has 3 rings (SSSR count). The second-order valence-corrected chi connectivity index (χ2v) is 5.89. The van der Waals surface area contributed by atoms with Gasteiger partial charge in [0.2, 0.25) is 0 Å². The lowest BCUT2D eigenvalue weighted by molar-refractivity contribution is 0.750. The summed E-state index contributed by atoms with van der Waals surface area (Å²) in [7, 11) is 0. The molecule has 0 unspecified atom stereocenters. The third-order valence-corrected chi connectivity index (χ3v) is 3.97. The third-order valence-electron chi connectivity index (χ3n) is 3.12. The van der Waals surface area contributed by atoms with E-state index in [4.69, 9.17) is 0 Å². The SMILES string of the molecule is Cc1csc(=O)c(-n2c(C(C)C)nc3ccccc32)n1. The van der Waals surface area contributed by atoms with Gasteiger partial charge in [-0.25, -0.2) is 9.97 Å². The molecule has 0 N–H and O–H groups in total. The molecule has 0 spiro atoms. The van der Waals surface area contributed by atoms with Crippen LogP contribution in [-0.2, 0) is 0 Å². The smallest absolute Gasteiger partial charge is 0.275 e. The number of para-hydroxylation sites is 2. The first-order chi connectivity index (χ1) is 9.58. The largest absolute Gasteiger partial charge is 0.276 e. The lowest BCUT2D eigenvalue weighted by Gasteiger charge is -2.09. The Labute approximate surface area is 120 Å². The number of hydrogen-bond donors (Lipinski definition) is 0.